The SMILES string of the molecule is CC(=O)Oc1ccccc1C(=O)n1cccc1. The second kappa shape index (κ2) is 4.65. The fraction of sp³-hybridized carbons (Fsp3) is 0.0769. The van der Waals surface area contributed by atoms with E-state index in [2.05, 4.69) is 0 Å². The standard InChI is InChI=1S/C13H11NO3/c1-10(15)17-12-7-3-2-6-11(12)13(16)14-8-4-5-9-14/h2-9H,1H3. The summed E-state index contributed by atoms with van der Waals surface area (Å²) in [5.41, 5.74) is 0.360. The number of carbonyl (C=O) groups excluding carboxylic acids is 2. The summed E-state index contributed by atoms with van der Waals surface area (Å²) >= 11 is 0. The molecule has 2 rings (SSSR count). The first-order valence-corrected chi connectivity index (χ1v) is 5.13. The average Bonchev–Trinajstić information content (AvgIpc) is 2.81. The van der Waals surface area contributed by atoms with Gasteiger partial charge >= 0.3 is 5.97 Å². The number of carbonyl (C=O) groups is 2. The summed E-state index contributed by atoms with van der Waals surface area (Å²) in [5, 5.41) is 0. The number of hydrogen-bond acceptors (Lipinski definition) is 3. The summed E-state index contributed by atoms with van der Waals surface area (Å²) in [6.07, 6.45) is 3.29. The van der Waals surface area contributed by atoms with Crippen molar-refractivity contribution in [3.05, 3.63) is 54.4 Å². The molecule has 0 N–H and O–H groups in total. The zero-order valence-electron chi connectivity index (χ0n) is 9.29. The van der Waals surface area contributed by atoms with Crippen molar-refractivity contribution >= 4 is 11.9 Å². The summed E-state index contributed by atoms with van der Waals surface area (Å²) in [7, 11) is 0. The molecule has 0 amide bonds. The molecule has 0 aliphatic carbocycles. The van der Waals surface area contributed by atoms with Gasteiger partial charge in [0, 0.05) is 19.3 Å². The second-order valence-corrected chi connectivity index (χ2v) is 3.49. The lowest BCUT2D eigenvalue weighted by molar-refractivity contribution is -0.131. The molecule has 1 aromatic heterocycles. The third-order valence-electron chi connectivity index (χ3n) is 2.21. The van der Waals surface area contributed by atoms with Crippen molar-refractivity contribution in [1.82, 2.24) is 4.57 Å². The highest BCUT2D eigenvalue weighted by Crippen LogP contribution is 2.19. The Morgan fingerprint density at radius 3 is 2.35 bits per heavy atom. The molecule has 4 heteroatoms. The van der Waals surface area contributed by atoms with E-state index in [-0.39, 0.29) is 11.7 Å². The van der Waals surface area contributed by atoms with Crippen molar-refractivity contribution in [2.24, 2.45) is 0 Å². The maximum absolute atomic E-state index is 12.1. The molecule has 1 heterocycles. The topological polar surface area (TPSA) is 48.3 Å². The van der Waals surface area contributed by atoms with E-state index < -0.39 is 5.97 Å². The summed E-state index contributed by atoms with van der Waals surface area (Å²) in [4.78, 5) is 23.0. The molecular weight excluding hydrogens is 218 g/mol. The van der Waals surface area contributed by atoms with Crippen molar-refractivity contribution < 1.29 is 14.3 Å². The van der Waals surface area contributed by atoms with Gasteiger partial charge in [-0.05, 0) is 24.3 Å². The van der Waals surface area contributed by atoms with Crippen LogP contribution in [0.25, 0.3) is 0 Å². The lowest BCUT2D eigenvalue weighted by Crippen LogP contribution is -2.13. The molecular formula is C13H11NO3. The summed E-state index contributed by atoms with van der Waals surface area (Å²) in [6, 6.07) is 10.2. The third kappa shape index (κ3) is 2.42. The fourth-order valence-electron chi connectivity index (χ4n) is 1.50. The Kier molecular flexibility index (Phi) is 3.05. The van der Waals surface area contributed by atoms with Gasteiger partial charge in [-0.25, -0.2) is 0 Å². The Bertz CT molecular complexity index is 544. The smallest absolute Gasteiger partial charge is 0.308 e. The molecule has 0 unspecified atom stereocenters. The lowest BCUT2D eigenvalue weighted by atomic mass is 10.2. The Balaban J connectivity index is 2.38. The molecule has 4 nitrogen and oxygen atoms in total. The zero-order valence-corrected chi connectivity index (χ0v) is 9.29. The van der Waals surface area contributed by atoms with Crippen molar-refractivity contribution in [2.75, 3.05) is 0 Å². The van der Waals surface area contributed by atoms with Gasteiger partial charge in [-0.1, -0.05) is 12.1 Å². The molecule has 0 fully saturated rings. The van der Waals surface area contributed by atoms with Crippen LogP contribution in [0.2, 0.25) is 0 Å². The minimum absolute atomic E-state index is 0.230. The Labute approximate surface area is 98.4 Å². The number of rotatable bonds is 2. The van der Waals surface area contributed by atoms with Crippen LogP contribution in [0.3, 0.4) is 0 Å². The van der Waals surface area contributed by atoms with Gasteiger partial charge < -0.3 is 4.74 Å². The zero-order chi connectivity index (χ0) is 12.3. The average molecular weight is 229 g/mol. The van der Waals surface area contributed by atoms with Gasteiger partial charge in [-0.15, -0.1) is 0 Å². The molecule has 86 valence electrons. The maximum atomic E-state index is 12.1. The van der Waals surface area contributed by atoms with E-state index in [1.165, 1.54) is 11.5 Å². The van der Waals surface area contributed by atoms with Crippen LogP contribution in [-0.2, 0) is 4.79 Å². The Morgan fingerprint density at radius 1 is 1.06 bits per heavy atom. The lowest BCUT2D eigenvalue weighted by Gasteiger charge is -2.07. The molecule has 0 radical (unpaired) electrons. The monoisotopic (exact) mass is 229 g/mol. The predicted molar refractivity (Wildman–Crippen MR) is 61.9 cm³/mol. The first-order valence-electron chi connectivity index (χ1n) is 5.13. The number of esters is 1. The quantitative estimate of drug-likeness (QED) is 0.585. The number of ether oxygens (including phenoxy) is 1. The van der Waals surface area contributed by atoms with E-state index in [9.17, 15) is 9.59 Å². The molecule has 0 aliphatic heterocycles. The van der Waals surface area contributed by atoms with Crippen LogP contribution in [-0.4, -0.2) is 16.4 Å². The Hall–Kier alpha value is -2.36. The summed E-state index contributed by atoms with van der Waals surface area (Å²) in [6.45, 7) is 1.30. The van der Waals surface area contributed by atoms with Gasteiger partial charge in [-0.3, -0.25) is 14.2 Å². The van der Waals surface area contributed by atoms with Gasteiger partial charge in [0.1, 0.15) is 5.75 Å². The first-order chi connectivity index (χ1) is 8.18. The van der Waals surface area contributed by atoms with Crippen LogP contribution >= 0.6 is 0 Å². The molecule has 0 atom stereocenters. The summed E-state index contributed by atoms with van der Waals surface area (Å²) in [5.74, 6) is -0.400. The molecule has 17 heavy (non-hydrogen) atoms. The molecule has 1 aromatic carbocycles. The van der Waals surface area contributed by atoms with E-state index in [0.717, 1.165) is 0 Å². The normalized spacial score (nSPS) is 9.94. The van der Waals surface area contributed by atoms with Crippen LogP contribution in [0.4, 0.5) is 0 Å². The number of para-hydroxylation sites is 1. The first kappa shape index (κ1) is 11.1. The number of hydrogen-bond donors (Lipinski definition) is 0. The van der Waals surface area contributed by atoms with Gasteiger partial charge in [0.05, 0.1) is 5.56 Å². The van der Waals surface area contributed by atoms with Crippen LogP contribution in [0.1, 0.15) is 17.3 Å². The van der Waals surface area contributed by atoms with E-state index >= 15 is 0 Å². The van der Waals surface area contributed by atoms with Crippen molar-refractivity contribution in [2.45, 2.75) is 6.92 Å². The van der Waals surface area contributed by atoms with E-state index in [0.29, 0.717) is 5.56 Å². The number of aromatic nitrogens is 1. The van der Waals surface area contributed by atoms with Crippen LogP contribution in [0.5, 0.6) is 5.75 Å². The van der Waals surface area contributed by atoms with Gasteiger partial charge in [0.25, 0.3) is 5.91 Å². The number of nitrogens with zero attached hydrogens (tertiary/aromatic N) is 1. The number of benzene rings is 1. The largest absolute Gasteiger partial charge is 0.426 e. The second-order valence-electron chi connectivity index (χ2n) is 3.49. The van der Waals surface area contributed by atoms with E-state index in [1.54, 1.807) is 48.8 Å². The molecule has 2 aromatic rings. The van der Waals surface area contributed by atoms with Crippen molar-refractivity contribution in [3.8, 4) is 5.75 Å². The highest BCUT2D eigenvalue weighted by Gasteiger charge is 2.14. The predicted octanol–water partition coefficient (Wildman–Crippen LogP) is 2.10. The van der Waals surface area contributed by atoms with Gasteiger partial charge in [-0.2, -0.15) is 0 Å². The minimum Gasteiger partial charge on any atom is -0.426 e. The van der Waals surface area contributed by atoms with E-state index in [4.69, 9.17) is 4.74 Å². The van der Waals surface area contributed by atoms with Crippen molar-refractivity contribution in [3.63, 3.8) is 0 Å². The van der Waals surface area contributed by atoms with Gasteiger partial charge in [0.15, 0.2) is 0 Å². The molecule has 0 saturated heterocycles. The highest BCUT2D eigenvalue weighted by atomic mass is 16.5. The third-order valence-corrected chi connectivity index (χ3v) is 2.21. The fourth-order valence-corrected chi connectivity index (χ4v) is 1.50. The molecule has 0 spiro atoms. The highest BCUT2D eigenvalue weighted by molar-refractivity contribution is 5.99. The van der Waals surface area contributed by atoms with E-state index in [1.807, 2.05) is 0 Å². The van der Waals surface area contributed by atoms with Crippen LogP contribution in [0, 0.1) is 0 Å². The maximum Gasteiger partial charge on any atom is 0.308 e. The molecule has 0 bridgehead atoms. The Morgan fingerprint density at radius 2 is 1.71 bits per heavy atom. The molecule has 0 saturated carbocycles. The summed E-state index contributed by atoms with van der Waals surface area (Å²) < 4.78 is 6.42. The molecule has 0 aliphatic rings. The van der Waals surface area contributed by atoms with Gasteiger partial charge in [0.2, 0.25) is 0 Å². The minimum atomic E-state index is -0.447. The van der Waals surface area contributed by atoms with Crippen LogP contribution < -0.4 is 4.74 Å². The van der Waals surface area contributed by atoms with Crippen LogP contribution in [0.15, 0.2) is 48.8 Å². The van der Waals surface area contributed by atoms with Crippen molar-refractivity contribution in [1.29, 1.82) is 0 Å².